The molecule has 0 aliphatic heterocycles. The first-order valence-corrected chi connectivity index (χ1v) is 9.32. The highest BCUT2D eigenvalue weighted by Gasteiger charge is 2.30. The lowest BCUT2D eigenvalue weighted by Gasteiger charge is -2.34. The number of rotatable bonds is 4. The van der Waals surface area contributed by atoms with E-state index in [1.807, 2.05) is 13.2 Å². The molecule has 1 heterocycles. The lowest BCUT2D eigenvalue weighted by atomic mass is 9.80. The van der Waals surface area contributed by atoms with Gasteiger partial charge in [0, 0.05) is 30.5 Å². The normalized spacial score (nSPS) is 18.3. The molecule has 0 radical (unpaired) electrons. The van der Waals surface area contributed by atoms with Crippen molar-refractivity contribution in [2.75, 3.05) is 27.7 Å². The quantitative estimate of drug-likeness (QED) is 0.554. The first kappa shape index (κ1) is 22.6. The Morgan fingerprint density at radius 1 is 1.04 bits per heavy atom. The van der Waals surface area contributed by atoms with E-state index in [-0.39, 0.29) is 30.9 Å². The fraction of sp³-hybridized carbons (Fsp3) is 0.348. The van der Waals surface area contributed by atoms with E-state index < -0.39 is 0 Å². The number of para-hydroxylation sites is 1. The van der Waals surface area contributed by atoms with Gasteiger partial charge in [-0.2, -0.15) is 0 Å². The standard InChI is InChI=1S/C23H26N2O.2ClH/c1-25(2)15-19-9-8-17-14-18(10-12-20(17)23(19)26-3)22-13-11-16-6-4-5-7-21(16)24-22;;/h4-7,10-14,19,23H,8-9,15H2,1-3H3;2*1H. The number of benzene rings is 2. The Labute approximate surface area is 179 Å². The van der Waals surface area contributed by atoms with E-state index in [0.29, 0.717) is 5.92 Å². The zero-order valence-electron chi connectivity index (χ0n) is 16.6. The predicted octanol–water partition coefficient (Wildman–Crippen LogP) is 5.56. The van der Waals surface area contributed by atoms with Crippen LogP contribution in [0.3, 0.4) is 0 Å². The molecule has 5 heteroatoms. The lowest BCUT2D eigenvalue weighted by Crippen LogP contribution is -2.31. The van der Waals surface area contributed by atoms with Crippen LogP contribution in [0.4, 0.5) is 0 Å². The summed E-state index contributed by atoms with van der Waals surface area (Å²) in [5.74, 6) is 0.548. The van der Waals surface area contributed by atoms with Gasteiger partial charge in [-0.3, -0.25) is 0 Å². The Balaban J connectivity index is 0.00000140. The molecule has 4 rings (SSSR count). The Hall–Kier alpha value is -1.65. The molecule has 0 bridgehead atoms. The smallest absolute Gasteiger partial charge is 0.0864 e. The van der Waals surface area contributed by atoms with Gasteiger partial charge in [0.2, 0.25) is 0 Å². The minimum absolute atomic E-state index is 0. The summed E-state index contributed by atoms with van der Waals surface area (Å²) in [5.41, 5.74) is 6.02. The van der Waals surface area contributed by atoms with Crippen molar-refractivity contribution in [2.24, 2.45) is 5.92 Å². The van der Waals surface area contributed by atoms with Crippen molar-refractivity contribution in [1.82, 2.24) is 9.88 Å². The highest BCUT2D eigenvalue weighted by Crippen LogP contribution is 2.38. The number of fused-ring (bicyclic) bond motifs is 2. The molecule has 1 aliphatic rings. The SMILES string of the molecule is COC1c2ccc(-c3ccc4ccccc4n3)cc2CCC1CN(C)C.Cl.Cl. The van der Waals surface area contributed by atoms with E-state index in [4.69, 9.17) is 9.72 Å². The molecule has 28 heavy (non-hydrogen) atoms. The number of aromatic nitrogens is 1. The maximum atomic E-state index is 5.89. The zero-order chi connectivity index (χ0) is 18.1. The molecule has 2 unspecified atom stereocenters. The van der Waals surface area contributed by atoms with E-state index in [0.717, 1.165) is 30.6 Å². The molecule has 0 saturated heterocycles. The maximum absolute atomic E-state index is 5.89. The molecule has 150 valence electrons. The third kappa shape index (κ3) is 4.49. The van der Waals surface area contributed by atoms with Gasteiger partial charge in [0.05, 0.1) is 17.3 Å². The second-order valence-electron chi connectivity index (χ2n) is 7.52. The third-order valence-corrected chi connectivity index (χ3v) is 5.41. The summed E-state index contributed by atoms with van der Waals surface area (Å²) in [5, 5.41) is 1.18. The van der Waals surface area contributed by atoms with Crippen LogP contribution in [0, 0.1) is 5.92 Å². The molecule has 0 saturated carbocycles. The van der Waals surface area contributed by atoms with Crippen LogP contribution in [0.2, 0.25) is 0 Å². The minimum Gasteiger partial charge on any atom is -0.376 e. The molecule has 1 aliphatic carbocycles. The fourth-order valence-electron chi connectivity index (χ4n) is 4.21. The van der Waals surface area contributed by atoms with Gasteiger partial charge in [-0.1, -0.05) is 36.4 Å². The Bertz CT molecular complexity index is 929. The minimum atomic E-state index is 0. The van der Waals surface area contributed by atoms with E-state index in [1.54, 1.807) is 0 Å². The van der Waals surface area contributed by atoms with Crippen LogP contribution >= 0.6 is 24.8 Å². The summed E-state index contributed by atoms with van der Waals surface area (Å²) in [6.07, 6.45) is 2.45. The van der Waals surface area contributed by atoms with Crippen molar-refractivity contribution < 1.29 is 4.74 Å². The molecule has 0 spiro atoms. The predicted molar refractivity (Wildman–Crippen MR) is 122 cm³/mol. The second kappa shape index (κ2) is 9.71. The van der Waals surface area contributed by atoms with Gasteiger partial charge in [0.15, 0.2) is 0 Å². The summed E-state index contributed by atoms with van der Waals surface area (Å²) < 4.78 is 5.89. The van der Waals surface area contributed by atoms with E-state index >= 15 is 0 Å². The molecule has 1 aromatic heterocycles. The Kier molecular flexibility index (Phi) is 7.85. The number of hydrogen-bond donors (Lipinski definition) is 0. The van der Waals surface area contributed by atoms with Gasteiger partial charge in [-0.25, -0.2) is 4.98 Å². The van der Waals surface area contributed by atoms with Gasteiger partial charge in [0.1, 0.15) is 0 Å². The molecular formula is C23H28Cl2N2O. The van der Waals surface area contributed by atoms with Crippen LogP contribution in [0.5, 0.6) is 0 Å². The zero-order valence-corrected chi connectivity index (χ0v) is 18.2. The second-order valence-corrected chi connectivity index (χ2v) is 7.52. The van der Waals surface area contributed by atoms with Crippen molar-refractivity contribution in [3.8, 4) is 11.3 Å². The Morgan fingerprint density at radius 2 is 1.82 bits per heavy atom. The van der Waals surface area contributed by atoms with Crippen molar-refractivity contribution in [2.45, 2.75) is 18.9 Å². The Morgan fingerprint density at radius 3 is 2.57 bits per heavy atom. The summed E-state index contributed by atoms with van der Waals surface area (Å²) in [6.45, 7) is 1.06. The number of hydrogen-bond acceptors (Lipinski definition) is 3. The number of methoxy groups -OCH3 is 1. The number of pyridine rings is 1. The van der Waals surface area contributed by atoms with Gasteiger partial charge < -0.3 is 9.64 Å². The topological polar surface area (TPSA) is 25.4 Å². The van der Waals surface area contributed by atoms with Crippen LogP contribution in [-0.2, 0) is 11.2 Å². The highest BCUT2D eigenvalue weighted by molar-refractivity contribution is 5.85. The van der Waals surface area contributed by atoms with Gasteiger partial charge in [0.25, 0.3) is 0 Å². The van der Waals surface area contributed by atoms with Crippen LogP contribution in [0.15, 0.2) is 54.6 Å². The molecular weight excluding hydrogens is 391 g/mol. The average molecular weight is 419 g/mol. The van der Waals surface area contributed by atoms with Crippen LogP contribution in [0.25, 0.3) is 22.2 Å². The van der Waals surface area contributed by atoms with Crippen molar-refractivity contribution in [3.63, 3.8) is 0 Å². The highest BCUT2D eigenvalue weighted by atomic mass is 35.5. The molecule has 2 atom stereocenters. The van der Waals surface area contributed by atoms with Crippen molar-refractivity contribution >= 4 is 35.7 Å². The van der Waals surface area contributed by atoms with Crippen molar-refractivity contribution in [1.29, 1.82) is 0 Å². The largest absolute Gasteiger partial charge is 0.376 e. The number of ether oxygens (including phenoxy) is 1. The summed E-state index contributed by atoms with van der Waals surface area (Å²) in [4.78, 5) is 7.11. The van der Waals surface area contributed by atoms with Crippen molar-refractivity contribution in [3.05, 3.63) is 65.7 Å². The number of halogens is 2. The summed E-state index contributed by atoms with van der Waals surface area (Å²) in [7, 11) is 6.11. The molecule has 2 aromatic carbocycles. The molecule has 0 amide bonds. The number of nitrogens with zero attached hydrogens (tertiary/aromatic N) is 2. The third-order valence-electron chi connectivity index (χ3n) is 5.41. The monoisotopic (exact) mass is 418 g/mol. The van der Waals surface area contributed by atoms with E-state index in [9.17, 15) is 0 Å². The molecule has 0 N–H and O–H groups in total. The van der Waals surface area contributed by atoms with E-state index in [2.05, 4.69) is 67.5 Å². The lowest BCUT2D eigenvalue weighted by molar-refractivity contribution is 0.0299. The van der Waals surface area contributed by atoms with Gasteiger partial charge in [-0.05, 0) is 56.3 Å². The first-order chi connectivity index (χ1) is 12.7. The van der Waals surface area contributed by atoms with Crippen LogP contribution in [-0.4, -0.2) is 37.6 Å². The number of aryl methyl sites for hydroxylation is 1. The molecule has 0 fully saturated rings. The van der Waals surface area contributed by atoms with E-state index in [1.165, 1.54) is 22.1 Å². The van der Waals surface area contributed by atoms with Gasteiger partial charge >= 0.3 is 0 Å². The fourth-order valence-corrected chi connectivity index (χ4v) is 4.21. The molecule has 3 nitrogen and oxygen atoms in total. The average Bonchev–Trinajstić information content (AvgIpc) is 2.66. The maximum Gasteiger partial charge on any atom is 0.0864 e. The summed E-state index contributed by atoms with van der Waals surface area (Å²) >= 11 is 0. The summed E-state index contributed by atoms with van der Waals surface area (Å²) in [6, 6.07) is 19.3. The molecule has 3 aromatic rings. The van der Waals surface area contributed by atoms with Crippen LogP contribution < -0.4 is 0 Å². The van der Waals surface area contributed by atoms with Crippen LogP contribution in [0.1, 0.15) is 23.7 Å². The van der Waals surface area contributed by atoms with Gasteiger partial charge in [-0.15, -0.1) is 24.8 Å². The first-order valence-electron chi connectivity index (χ1n) is 9.32.